The van der Waals surface area contributed by atoms with Gasteiger partial charge in [-0.05, 0) is 65.7 Å². The van der Waals surface area contributed by atoms with Crippen molar-refractivity contribution in [3.63, 3.8) is 0 Å². The molecule has 0 radical (unpaired) electrons. The van der Waals surface area contributed by atoms with E-state index in [9.17, 15) is 13.2 Å². The van der Waals surface area contributed by atoms with Crippen molar-refractivity contribution in [1.29, 1.82) is 0 Å². The van der Waals surface area contributed by atoms with Crippen molar-refractivity contribution in [3.05, 3.63) is 83.7 Å². The Hall–Kier alpha value is -3.47. The lowest BCUT2D eigenvalue weighted by atomic mass is 9.94. The summed E-state index contributed by atoms with van der Waals surface area (Å²) in [7, 11) is 0. The van der Waals surface area contributed by atoms with Crippen LogP contribution >= 0.6 is 0 Å². The van der Waals surface area contributed by atoms with E-state index in [1.807, 2.05) is 56.3 Å². The van der Waals surface area contributed by atoms with Crippen LogP contribution in [0.4, 0.5) is 13.2 Å². The Balaban J connectivity index is 1.96. The topological polar surface area (TPSA) is 25.8 Å². The van der Waals surface area contributed by atoms with Crippen molar-refractivity contribution >= 4 is 32.4 Å². The monoisotopic (exact) mass is 402 g/mol. The lowest BCUT2D eigenvalue weighted by Gasteiger charge is -2.16. The molecule has 0 aliphatic rings. The third-order valence-electron chi connectivity index (χ3n) is 5.39. The molecule has 5 aromatic rings. The van der Waals surface area contributed by atoms with Gasteiger partial charge in [0.25, 0.3) is 0 Å². The molecule has 4 aromatic carbocycles. The van der Waals surface area contributed by atoms with E-state index >= 15 is 0 Å². The molecule has 0 N–H and O–H groups in total. The van der Waals surface area contributed by atoms with Crippen molar-refractivity contribution in [1.82, 2.24) is 9.97 Å². The predicted molar refractivity (Wildman–Crippen MR) is 114 cm³/mol. The zero-order chi connectivity index (χ0) is 21.0. The molecule has 1 aromatic heterocycles. The fraction of sp³-hybridized carbons (Fsp3) is 0.120. The summed E-state index contributed by atoms with van der Waals surface area (Å²) in [5, 5.41) is 2.73. The molecule has 2 nitrogen and oxygen atoms in total. The number of fused-ring (bicyclic) bond motifs is 3. The largest absolute Gasteiger partial charge is 0.419 e. The molecule has 0 unspecified atom stereocenters. The van der Waals surface area contributed by atoms with Crippen LogP contribution in [0.25, 0.3) is 43.7 Å². The van der Waals surface area contributed by atoms with Gasteiger partial charge in [-0.1, -0.05) is 41.5 Å². The number of hydrogen-bond donors (Lipinski definition) is 0. The molecule has 0 aliphatic carbocycles. The second-order valence-corrected chi connectivity index (χ2v) is 7.66. The molecule has 5 heteroatoms. The SMILES string of the molecule is Cc1cc(C)cc(-c2ncnc3c(C(F)(F)F)c4cc5ccccc5cc4cc23)c1. The van der Waals surface area contributed by atoms with E-state index in [1.54, 1.807) is 18.2 Å². The van der Waals surface area contributed by atoms with Crippen LogP contribution < -0.4 is 0 Å². The van der Waals surface area contributed by atoms with Gasteiger partial charge in [0.1, 0.15) is 6.33 Å². The van der Waals surface area contributed by atoms with Crippen LogP contribution in [0.3, 0.4) is 0 Å². The number of aryl methyl sites for hydroxylation is 2. The molecular formula is C25H17F3N2. The zero-order valence-corrected chi connectivity index (χ0v) is 16.4. The zero-order valence-electron chi connectivity index (χ0n) is 16.4. The maximum absolute atomic E-state index is 14.2. The summed E-state index contributed by atoms with van der Waals surface area (Å²) < 4.78 is 42.7. The lowest BCUT2D eigenvalue weighted by Crippen LogP contribution is -2.08. The van der Waals surface area contributed by atoms with E-state index in [0.29, 0.717) is 16.5 Å². The molecule has 0 saturated heterocycles. The number of aromatic nitrogens is 2. The van der Waals surface area contributed by atoms with E-state index < -0.39 is 11.7 Å². The standard InChI is InChI=1S/C25H17F3N2/c1-14-7-15(2)9-19(8-14)23-21-12-18-10-16-5-3-4-6-17(16)11-20(18)22(25(26,27)28)24(21)30-13-29-23/h3-13H,1-2H3. The first-order valence-electron chi connectivity index (χ1n) is 9.57. The number of rotatable bonds is 1. The van der Waals surface area contributed by atoms with Gasteiger partial charge in [0.05, 0.1) is 16.8 Å². The van der Waals surface area contributed by atoms with E-state index in [2.05, 4.69) is 9.97 Å². The van der Waals surface area contributed by atoms with Gasteiger partial charge in [-0.2, -0.15) is 13.2 Å². The number of alkyl halides is 3. The van der Waals surface area contributed by atoms with Gasteiger partial charge in [-0.3, -0.25) is 0 Å². The molecule has 0 amide bonds. The minimum atomic E-state index is -4.55. The summed E-state index contributed by atoms with van der Waals surface area (Å²) in [6, 6.07) is 18.5. The Morgan fingerprint density at radius 2 is 1.33 bits per heavy atom. The molecule has 5 rings (SSSR count). The van der Waals surface area contributed by atoms with Gasteiger partial charge >= 0.3 is 6.18 Å². The summed E-state index contributed by atoms with van der Waals surface area (Å²) in [6.07, 6.45) is -3.33. The number of nitrogens with zero attached hydrogens (tertiary/aromatic N) is 2. The van der Waals surface area contributed by atoms with Crippen molar-refractivity contribution in [2.24, 2.45) is 0 Å². The van der Waals surface area contributed by atoms with Crippen LogP contribution in [-0.4, -0.2) is 9.97 Å². The van der Waals surface area contributed by atoms with Crippen molar-refractivity contribution in [2.45, 2.75) is 20.0 Å². The summed E-state index contributed by atoms with van der Waals surface area (Å²) in [5.74, 6) is 0. The minimum absolute atomic E-state index is 0.0746. The lowest BCUT2D eigenvalue weighted by molar-refractivity contribution is -0.135. The van der Waals surface area contributed by atoms with Gasteiger partial charge in [0.2, 0.25) is 0 Å². The highest BCUT2D eigenvalue weighted by molar-refractivity contribution is 6.09. The summed E-state index contributed by atoms with van der Waals surface area (Å²) >= 11 is 0. The highest BCUT2D eigenvalue weighted by Crippen LogP contribution is 2.42. The number of benzene rings is 4. The van der Waals surface area contributed by atoms with Crippen LogP contribution in [-0.2, 0) is 6.18 Å². The average Bonchev–Trinajstić information content (AvgIpc) is 2.68. The van der Waals surface area contributed by atoms with Gasteiger partial charge < -0.3 is 0 Å². The first kappa shape index (κ1) is 18.6. The van der Waals surface area contributed by atoms with Gasteiger partial charge in [-0.25, -0.2) is 9.97 Å². The molecular weight excluding hydrogens is 385 g/mol. The Morgan fingerprint density at radius 3 is 2.00 bits per heavy atom. The number of hydrogen-bond acceptors (Lipinski definition) is 2. The molecule has 0 atom stereocenters. The molecule has 30 heavy (non-hydrogen) atoms. The van der Waals surface area contributed by atoms with E-state index in [-0.39, 0.29) is 10.9 Å². The van der Waals surface area contributed by atoms with Crippen LogP contribution in [0, 0.1) is 13.8 Å². The quantitative estimate of drug-likeness (QED) is 0.276. The van der Waals surface area contributed by atoms with Crippen LogP contribution in [0.1, 0.15) is 16.7 Å². The normalized spacial score (nSPS) is 12.2. The molecule has 1 heterocycles. The third kappa shape index (κ3) is 2.98. The predicted octanol–water partition coefficient (Wildman–Crippen LogP) is 7.24. The Kier molecular flexibility index (Phi) is 4.03. The molecule has 148 valence electrons. The first-order valence-corrected chi connectivity index (χ1v) is 9.57. The third-order valence-corrected chi connectivity index (χ3v) is 5.39. The molecule has 0 fully saturated rings. The Bertz CT molecular complexity index is 1430. The molecule has 0 bridgehead atoms. The van der Waals surface area contributed by atoms with E-state index in [0.717, 1.165) is 27.5 Å². The molecule has 0 aliphatic heterocycles. The Labute approximate surface area is 171 Å². The van der Waals surface area contributed by atoms with Gasteiger partial charge in [0, 0.05) is 10.9 Å². The van der Waals surface area contributed by atoms with Crippen LogP contribution in [0.15, 0.2) is 67.0 Å². The second-order valence-electron chi connectivity index (χ2n) is 7.66. The summed E-state index contributed by atoms with van der Waals surface area (Å²) in [6.45, 7) is 3.92. The smallest absolute Gasteiger partial charge is 0.236 e. The Morgan fingerprint density at radius 1 is 0.700 bits per heavy atom. The van der Waals surface area contributed by atoms with Crippen molar-refractivity contribution < 1.29 is 13.2 Å². The highest BCUT2D eigenvalue weighted by Gasteiger charge is 2.36. The van der Waals surface area contributed by atoms with Crippen molar-refractivity contribution in [3.8, 4) is 11.3 Å². The summed E-state index contributed by atoms with van der Waals surface area (Å²) in [5.41, 5.74) is 2.56. The second kappa shape index (κ2) is 6.52. The number of halogens is 3. The maximum Gasteiger partial charge on any atom is 0.419 e. The van der Waals surface area contributed by atoms with Crippen molar-refractivity contribution in [2.75, 3.05) is 0 Å². The van der Waals surface area contributed by atoms with Gasteiger partial charge in [-0.15, -0.1) is 0 Å². The summed E-state index contributed by atoms with van der Waals surface area (Å²) in [4.78, 5) is 8.45. The van der Waals surface area contributed by atoms with Crippen LogP contribution in [0.2, 0.25) is 0 Å². The maximum atomic E-state index is 14.2. The minimum Gasteiger partial charge on any atom is -0.236 e. The average molecular weight is 402 g/mol. The van der Waals surface area contributed by atoms with Crippen LogP contribution in [0.5, 0.6) is 0 Å². The highest BCUT2D eigenvalue weighted by atomic mass is 19.4. The van der Waals surface area contributed by atoms with E-state index in [1.165, 1.54) is 6.33 Å². The fourth-order valence-corrected chi connectivity index (χ4v) is 4.24. The first-order chi connectivity index (χ1) is 14.3. The molecule has 0 saturated carbocycles. The van der Waals surface area contributed by atoms with E-state index in [4.69, 9.17) is 0 Å². The van der Waals surface area contributed by atoms with Gasteiger partial charge in [0.15, 0.2) is 0 Å². The molecule has 0 spiro atoms. The fourth-order valence-electron chi connectivity index (χ4n) is 4.24.